The first kappa shape index (κ1) is 20.1. The van der Waals surface area contributed by atoms with Gasteiger partial charge in [-0.15, -0.1) is 0 Å². The second kappa shape index (κ2) is 8.92. The molecule has 2 aromatic rings. The van der Waals surface area contributed by atoms with Crippen LogP contribution >= 0.6 is 0 Å². The minimum absolute atomic E-state index is 0.0781. The molecule has 144 valence electrons. The van der Waals surface area contributed by atoms with Gasteiger partial charge >= 0.3 is 11.9 Å². The lowest BCUT2D eigenvalue weighted by atomic mass is 10.1. The number of carbonyl (C=O) groups is 2. The molecule has 1 aromatic heterocycles. The van der Waals surface area contributed by atoms with E-state index in [-0.39, 0.29) is 13.0 Å². The Kier molecular flexibility index (Phi) is 6.63. The van der Waals surface area contributed by atoms with Crippen molar-refractivity contribution in [1.82, 2.24) is 15.4 Å². The quantitative estimate of drug-likeness (QED) is 0.382. The van der Waals surface area contributed by atoms with Crippen molar-refractivity contribution in [2.75, 3.05) is 0 Å². The number of hydrogen-bond acceptors (Lipinski definition) is 6. The molecule has 9 nitrogen and oxygen atoms in total. The van der Waals surface area contributed by atoms with Gasteiger partial charge in [0.05, 0.1) is 0 Å². The number of pyridine rings is 1. The number of carboxylic acid groups (broad SMARTS) is 2. The summed E-state index contributed by atoms with van der Waals surface area (Å²) < 4.78 is 14.5. The molecule has 0 aliphatic carbocycles. The molecule has 0 saturated heterocycles. The van der Waals surface area contributed by atoms with Gasteiger partial charge in [-0.2, -0.15) is 0 Å². The van der Waals surface area contributed by atoms with Crippen molar-refractivity contribution in [2.45, 2.75) is 25.0 Å². The van der Waals surface area contributed by atoms with E-state index in [1.165, 1.54) is 29.0 Å². The lowest BCUT2D eigenvalue weighted by Crippen LogP contribution is -2.54. The fourth-order valence-electron chi connectivity index (χ4n) is 2.32. The zero-order valence-corrected chi connectivity index (χ0v) is 14.0. The van der Waals surface area contributed by atoms with Gasteiger partial charge < -0.3 is 19.9 Å². The molecular weight excluding hydrogens is 361 g/mol. The number of aliphatic carboxylic acids is 2. The van der Waals surface area contributed by atoms with Crippen LogP contribution in [-0.2, 0) is 22.6 Å². The number of nitrogens with one attached hydrogen (secondary N) is 2. The van der Waals surface area contributed by atoms with E-state index in [4.69, 9.17) is 0 Å². The lowest BCUT2D eigenvalue weighted by molar-refractivity contribution is -0.143. The first-order valence-corrected chi connectivity index (χ1v) is 7.86. The van der Waals surface area contributed by atoms with Crippen LogP contribution in [0.4, 0.5) is 4.39 Å². The number of aromatic hydroxyl groups is 1. The zero-order valence-electron chi connectivity index (χ0n) is 14.0. The van der Waals surface area contributed by atoms with E-state index >= 15 is 0 Å². The summed E-state index contributed by atoms with van der Waals surface area (Å²) in [4.78, 5) is 34.0. The van der Waals surface area contributed by atoms with Gasteiger partial charge in [-0.25, -0.2) is 15.2 Å². The fraction of sp³-hybridized carbons (Fsp3) is 0.235. The highest BCUT2D eigenvalue weighted by Crippen LogP contribution is 2.07. The van der Waals surface area contributed by atoms with Crippen molar-refractivity contribution < 1.29 is 29.3 Å². The third kappa shape index (κ3) is 5.90. The van der Waals surface area contributed by atoms with E-state index in [1.807, 2.05) is 0 Å². The van der Waals surface area contributed by atoms with Crippen molar-refractivity contribution in [1.29, 1.82) is 0 Å². The third-order valence-corrected chi connectivity index (χ3v) is 3.71. The zero-order chi connectivity index (χ0) is 20.0. The maximum Gasteiger partial charge on any atom is 0.323 e. The summed E-state index contributed by atoms with van der Waals surface area (Å²) in [7, 11) is 0. The summed E-state index contributed by atoms with van der Waals surface area (Å²) in [5, 5.41) is 28.0. The van der Waals surface area contributed by atoms with Crippen LogP contribution in [0.2, 0.25) is 0 Å². The largest absolute Gasteiger partial charge is 0.503 e. The number of halogens is 1. The number of rotatable bonds is 9. The summed E-state index contributed by atoms with van der Waals surface area (Å²) in [6.45, 7) is -0.192. The SMILES string of the molecule is O=C(O)C(Cc1cccc(F)c1)NN[C@@H](Cn1ccc(=O)c(O)c1)C(=O)O. The van der Waals surface area contributed by atoms with Gasteiger partial charge in [-0.3, -0.25) is 14.4 Å². The highest BCUT2D eigenvalue weighted by molar-refractivity contribution is 5.75. The summed E-state index contributed by atoms with van der Waals surface area (Å²) in [5.41, 5.74) is 4.66. The van der Waals surface area contributed by atoms with E-state index in [9.17, 15) is 34.1 Å². The van der Waals surface area contributed by atoms with E-state index < -0.39 is 41.0 Å². The molecule has 0 aliphatic rings. The van der Waals surface area contributed by atoms with Crippen LogP contribution in [0.25, 0.3) is 0 Å². The van der Waals surface area contributed by atoms with E-state index in [0.717, 1.165) is 12.3 Å². The molecule has 1 heterocycles. The third-order valence-electron chi connectivity index (χ3n) is 3.71. The summed E-state index contributed by atoms with van der Waals surface area (Å²) >= 11 is 0. The van der Waals surface area contributed by atoms with Crippen LogP contribution < -0.4 is 16.3 Å². The van der Waals surface area contributed by atoms with Gasteiger partial charge in [0.15, 0.2) is 5.75 Å². The minimum atomic E-state index is -1.28. The summed E-state index contributed by atoms with van der Waals surface area (Å²) in [6, 6.07) is 4.02. The molecule has 2 atom stereocenters. The molecule has 10 heteroatoms. The fourth-order valence-corrected chi connectivity index (χ4v) is 2.32. The molecular formula is C17H18FN3O6. The maximum absolute atomic E-state index is 13.2. The number of aromatic nitrogens is 1. The van der Waals surface area contributed by atoms with E-state index in [0.29, 0.717) is 5.56 Å². The molecule has 0 aliphatic heterocycles. The van der Waals surface area contributed by atoms with Crippen molar-refractivity contribution in [3.63, 3.8) is 0 Å². The Morgan fingerprint density at radius 3 is 2.37 bits per heavy atom. The highest BCUT2D eigenvalue weighted by Gasteiger charge is 2.23. The predicted octanol–water partition coefficient (Wildman–Crippen LogP) is -0.0637. The second-order valence-electron chi connectivity index (χ2n) is 5.80. The van der Waals surface area contributed by atoms with Crippen LogP contribution in [-0.4, -0.2) is 43.9 Å². The monoisotopic (exact) mass is 379 g/mol. The topological polar surface area (TPSA) is 141 Å². The first-order chi connectivity index (χ1) is 12.8. The molecule has 27 heavy (non-hydrogen) atoms. The Morgan fingerprint density at radius 2 is 1.78 bits per heavy atom. The highest BCUT2D eigenvalue weighted by atomic mass is 19.1. The van der Waals surface area contributed by atoms with Crippen molar-refractivity contribution in [2.24, 2.45) is 0 Å². The predicted molar refractivity (Wildman–Crippen MR) is 91.6 cm³/mol. The minimum Gasteiger partial charge on any atom is -0.503 e. The van der Waals surface area contributed by atoms with Crippen LogP contribution in [0.5, 0.6) is 5.75 Å². The maximum atomic E-state index is 13.2. The smallest absolute Gasteiger partial charge is 0.323 e. The van der Waals surface area contributed by atoms with Crippen LogP contribution in [0.1, 0.15) is 5.56 Å². The van der Waals surface area contributed by atoms with Gasteiger partial charge in [0.1, 0.15) is 17.9 Å². The average Bonchev–Trinajstić information content (AvgIpc) is 2.60. The molecule has 5 N–H and O–H groups in total. The Labute approximate surface area is 152 Å². The van der Waals surface area contributed by atoms with Gasteiger partial charge in [0.2, 0.25) is 5.43 Å². The van der Waals surface area contributed by atoms with Gasteiger partial charge in [0.25, 0.3) is 0 Å². The molecule has 0 fully saturated rings. The van der Waals surface area contributed by atoms with Crippen LogP contribution in [0.3, 0.4) is 0 Å². The average molecular weight is 379 g/mol. The van der Waals surface area contributed by atoms with Crippen molar-refractivity contribution >= 4 is 11.9 Å². The van der Waals surface area contributed by atoms with Crippen LogP contribution in [0, 0.1) is 5.82 Å². The van der Waals surface area contributed by atoms with E-state index in [1.54, 1.807) is 6.07 Å². The number of carboxylic acids is 2. The van der Waals surface area contributed by atoms with Crippen molar-refractivity contribution in [3.8, 4) is 5.75 Å². The van der Waals surface area contributed by atoms with Gasteiger partial charge in [0, 0.05) is 25.0 Å². The molecule has 1 aromatic carbocycles. The summed E-state index contributed by atoms with van der Waals surface area (Å²) in [6.07, 6.45) is 2.29. The second-order valence-corrected chi connectivity index (χ2v) is 5.80. The molecule has 0 amide bonds. The van der Waals surface area contributed by atoms with Gasteiger partial charge in [-0.05, 0) is 24.1 Å². The molecule has 1 unspecified atom stereocenters. The van der Waals surface area contributed by atoms with E-state index in [2.05, 4.69) is 10.9 Å². The Bertz CT molecular complexity index is 885. The number of benzene rings is 1. The number of hydrazine groups is 1. The molecule has 0 saturated carbocycles. The van der Waals surface area contributed by atoms with Crippen LogP contribution in [0.15, 0.2) is 47.5 Å². The standard InChI is InChI=1S/C17H18FN3O6/c18-11-3-1-2-10(6-11)7-12(16(24)25)19-20-13(17(26)27)8-21-5-4-14(22)15(23)9-21/h1-6,9,12-13,19-20,23H,7-8H2,(H,24,25)(H,26,27)/t12?,13-/m0/s1. The Morgan fingerprint density at radius 1 is 1.11 bits per heavy atom. The van der Waals surface area contributed by atoms with Crippen molar-refractivity contribution in [3.05, 3.63) is 64.3 Å². The Balaban J connectivity index is 2.05. The molecule has 2 rings (SSSR count). The number of hydrogen-bond donors (Lipinski definition) is 5. The Hall–Kier alpha value is -3.24. The summed E-state index contributed by atoms with van der Waals surface area (Å²) in [5.74, 6) is -3.58. The normalized spacial score (nSPS) is 13.1. The molecule has 0 radical (unpaired) electrons. The molecule has 0 spiro atoms. The molecule has 0 bridgehead atoms. The van der Waals surface area contributed by atoms with Gasteiger partial charge in [-0.1, -0.05) is 12.1 Å². The number of nitrogens with zero attached hydrogens (tertiary/aromatic N) is 1. The lowest BCUT2D eigenvalue weighted by Gasteiger charge is -2.21. The first-order valence-electron chi connectivity index (χ1n) is 7.86.